The molecule has 1 atom stereocenters. The molecule has 0 spiro atoms. The SMILES string of the molecule is CC/C=C\C/C=C\C/C=C\C/C=C\C/C=C\C/C=C\CCC(=O)OC(/C=C\C/C=C\CCCCCC)CCCCCCC(=O)NCC(=O)O. The number of carboxylic acid groups (broad SMARTS) is 1. The van der Waals surface area contributed by atoms with E-state index in [2.05, 4.69) is 104 Å². The molecule has 0 aromatic carbocycles. The number of carboxylic acids is 1. The molecule has 0 aliphatic carbocycles. The highest BCUT2D eigenvalue weighted by Crippen LogP contribution is 2.13. The number of hydrogen-bond acceptors (Lipinski definition) is 4. The molecule has 274 valence electrons. The average Bonchev–Trinajstić information content (AvgIpc) is 3.08. The van der Waals surface area contributed by atoms with Crippen LogP contribution in [0.3, 0.4) is 0 Å². The topological polar surface area (TPSA) is 92.7 Å². The van der Waals surface area contributed by atoms with Gasteiger partial charge in [-0.3, -0.25) is 14.4 Å². The number of carbonyl (C=O) groups is 3. The van der Waals surface area contributed by atoms with Gasteiger partial charge < -0.3 is 15.2 Å². The number of esters is 1. The zero-order valence-electron chi connectivity index (χ0n) is 30.7. The Morgan fingerprint density at radius 1 is 0.571 bits per heavy atom. The summed E-state index contributed by atoms with van der Waals surface area (Å²) in [5, 5.41) is 11.0. The first-order chi connectivity index (χ1) is 24.0. The Hall–Kier alpha value is -3.67. The van der Waals surface area contributed by atoms with Crippen LogP contribution in [0.1, 0.15) is 142 Å². The summed E-state index contributed by atoms with van der Waals surface area (Å²) in [4.78, 5) is 34.8. The first kappa shape index (κ1) is 45.3. The van der Waals surface area contributed by atoms with Crippen LogP contribution in [0.15, 0.2) is 97.2 Å². The van der Waals surface area contributed by atoms with E-state index < -0.39 is 5.97 Å². The lowest BCUT2D eigenvalue weighted by Gasteiger charge is -2.14. The molecule has 0 heterocycles. The average molecular weight is 678 g/mol. The zero-order valence-corrected chi connectivity index (χ0v) is 30.7. The van der Waals surface area contributed by atoms with E-state index in [4.69, 9.17) is 9.84 Å². The summed E-state index contributed by atoms with van der Waals surface area (Å²) >= 11 is 0. The number of allylic oxidation sites excluding steroid dienone is 15. The summed E-state index contributed by atoms with van der Waals surface area (Å²) in [6, 6.07) is 0. The van der Waals surface area contributed by atoms with E-state index in [0.29, 0.717) is 25.7 Å². The second-order valence-corrected chi connectivity index (χ2v) is 12.1. The van der Waals surface area contributed by atoms with Gasteiger partial charge in [0, 0.05) is 12.8 Å². The summed E-state index contributed by atoms with van der Waals surface area (Å²) in [5.74, 6) is -1.46. The normalized spacial score (nSPS) is 13.2. The van der Waals surface area contributed by atoms with Gasteiger partial charge in [0.25, 0.3) is 0 Å². The van der Waals surface area contributed by atoms with Crippen molar-refractivity contribution in [2.24, 2.45) is 0 Å². The molecule has 0 aromatic heterocycles. The summed E-state index contributed by atoms with van der Waals surface area (Å²) in [6.07, 6.45) is 52.6. The van der Waals surface area contributed by atoms with Gasteiger partial charge in [0.1, 0.15) is 12.6 Å². The van der Waals surface area contributed by atoms with E-state index in [1.165, 1.54) is 25.7 Å². The maximum Gasteiger partial charge on any atom is 0.322 e. The van der Waals surface area contributed by atoms with E-state index >= 15 is 0 Å². The molecule has 1 unspecified atom stereocenters. The van der Waals surface area contributed by atoms with Crippen LogP contribution >= 0.6 is 0 Å². The van der Waals surface area contributed by atoms with Crippen LogP contribution in [0.4, 0.5) is 0 Å². The van der Waals surface area contributed by atoms with Crippen molar-refractivity contribution >= 4 is 17.8 Å². The van der Waals surface area contributed by atoms with Crippen molar-refractivity contribution in [1.29, 1.82) is 0 Å². The fraction of sp³-hybridized carbons (Fsp3) is 0.558. The number of rotatable bonds is 32. The molecule has 0 rings (SSSR count). The van der Waals surface area contributed by atoms with Crippen molar-refractivity contribution in [2.45, 2.75) is 148 Å². The van der Waals surface area contributed by atoms with Gasteiger partial charge in [0.05, 0.1) is 0 Å². The molecule has 0 saturated carbocycles. The Kier molecular flexibility index (Phi) is 34.4. The number of nitrogens with one attached hydrogen (secondary N) is 1. The molecular formula is C43H67NO5. The predicted molar refractivity (Wildman–Crippen MR) is 207 cm³/mol. The molecule has 0 bridgehead atoms. The predicted octanol–water partition coefficient (Wildman–Crippen LogP) is 11.4. The van der Waals surface area contributed by atoms with Gasteiger partial charge >= 0.3 is 11.9 Å². The minimum Gasteiger partial charge on any atom is -0.480 e. The van der Waals surface area contributed by atoms with Crippen molar-refractivity contribution in [1.82, 2.24) is 5.32 Å². The largest absolute Gasteiger partial charge is 0.480 e. The lowest BCUT2D eigenvalue weighted by atomic mass is 10.1. The van der Waals surface area contributed by atoms with Crippen LogP contribution < -0.4 is 5.32 Å². The van der Waals surface area contributed by atoms with Gasteiger partial charge in [-0.05, 0) is 89.5 Å². The van der Waals surface area contributed by atoms with Gasteiger partial charge in [-0.1, -0.05) is 137 Å². The van der Waals surface area contributed by atoms with E-state index in [0.717, 1.165) is 77.0 Å². The van der Waals surface area contributed by atoms with Crippen LogP contribution in [-0.4, -0.2) is 35.6 Å². The molecule has 1 amide bonds. The highest BCUT2D eigenvalue weighted by atomic mass is 16.5. The van der Waals surface area contributed by atoms with Crippen LogP contribution in [0.5, 0.6) is 0 Å². The maximum atomic E-state index is 12.6. The second kappa shape index (κ2) is 37.2. The molecule has 0 saturated heterocycles. The number of aliphatic carboxylic acids is 1. The fourth-order valence-electron chi connectivity index (χ4n) is 4.72. The Morgan fingerprint density at radius 3 is 1.65 bits per heavy atom. The van der Waals surface area contributed by atoms with Gasteiger partial charge in [-0.25, -0.2) is 0 Å². The van der Waals surface area contributed by atoms with Crippen LogP contribution in [0.25, 0.3) is 0 Å². The molecule has 6 nitrogen and oxygen atoms in total. The number of hydrogen-bond donors (Lipinski definition) is 2. The summed E-state index contributed by atoms with van der Waals surface area (Å²) in [5.41, 5.74) is 0. The monoisotopic (exact) mass is 678 g/mol. The van der Waals surface area contributed by atoms with Crippen molar-refractivity contribution in [3.63, 3.8) is 0 Å². The number of ether oxygens (including phenoxy) is 1. The number of amides is 1. The number of carbonyl (C=O) groups excluding carboxylic acids is 2. The first-order valence-corrected chi connectivity index (χ1v) is 18.9. The van der Waals surface area contributed by atoms with Crippen LogP contribution in [-0.2, 0) is 19.1 Å². The van der Waals surface area contributed by atoms with E-state index in [1.54, 1.807) is 0 Å². The van der Waals surface area contributed by atoms with Crippen molar-refractivity contribution < 1.29 is 24.2 Å². The van der Waals surface area contributed by atoms with Crippen LogP contribution in [0.2, 0.25) is 0 Å². The Morgan fingerprint density at radius 2 is 1.08 bits per heavy atom. The molecule has 6 heteroatoms. The molecule has 0 radical (unpaired) electrons. The zero-order chi connectivity index (χ0) is 35.9. The van der Waals surface area contributed by atoms with E-state index in [9.17, 15) is 14.4 Å². The smallest absolute Gasteiger partial charge is 0.322 e. The first-order valence-electron chi connectivity index (χ1n) is 18.9. The van der Waals surface area contributed by atoms with Crippen molar-refractivity contribution in [3.05, 3.63) is 97.2 Å². The summed E-state index contributed by atoms with van der Waals surface area (Å²) in [6.45, 7) is 4.03. The molecule has 49 heavy (non-hydrogen) atoms. The summed E-state index contributed by atoms with van der Waals surface area (Å²) < 4.78 is 5.82. The maximum absolute atomic E-state index is 12.6. The highest BCUT2D eigenvalue weighted by Gasteiger charge is 2.11. The molecule has 2 N–H and O–H groups in total. The van der Waals surface area contributed by atoms with Crippen LogP contribution in [0, 0.1) is 0 Å². The molecular weight excluding hydrogens is 610 g/mol. The van der Waals surface area contributed by atoms with Crippen molar-refractivity contribution in [3.8, 4) is 0 Å². The Labute approximate surface area is 298 Å². The van der Waals surface area contributed by atoms with Gasteiger partial charge in [0.15, 0.2) is 0 Å². The molecule has 0 aliphatic heterocycles. The quantitative estimate of drug-likeness (QED) is 0.0420. The minimum atomic E-state index is -1.04. The fourth-order valence-corrected chi connectivity index (χ4v) is 4.72. The van der Waals surface area contributed by atoms with E-state index in [1.807, 2.05) is 12.2 Å². The van der Waals surface area contributed by atoms with Gasteiger partial charge in [0.2, 0.25) is 5.91 Å². The molecule has 0 fully saturated rings. The number of unbranched alkanes of at least 4 members (excludes halogenated alkanes) is 7. The minimum absolute atomic E-state index is 0.184. The second-order valence-electron chi connectivity index (χ2n) is 12.1. The lowest BCUT2D eigenvalue weighted by molar-refractivity contribution is -0.147. The van der Waals surface area contributed by atoms with Gasteiger partial charge in [-0.15, -0.1) is 0 Å². The Bertz CT molecular complexity index is 1060. The van der Waals surface area contributed by atoms with Gasteiger partial charge in [-0.2, -0.15) is 0 Å². The molecule has 0 aromatic rings. The standard InChI is InChI=1S/C43H67NO5/c1-3-5-7-9-11-13-14-15-16-17-18-19-20-21-22-24-26-28-34-38-43(48)49-40(35-31-27-25-23-12-10-8-6-4-2)36-32-29-30-33-37-41(45)44-39-42(46)47/h5,7,11,13,15-16,18-19,21-23,25-26,28,31,35,40H,3-4,6,8-10,12,14,17,20,24,27,29-30,32-34,36-39H2,1-2H3,(H,44,45)(H,46,47)/b7-5-,13-11-,16-15-,19-18-,22-21-,25-23-,28-26-,35-31-. The Balaban J connectivity index is 4.38. The highest BCUT2D eigenvalue weighted by molar-refractivity contribution is 5.80. The lowest BCUT2D eigenvalue weighted by Crippen LogP contribution is -2.28. The summed E-state index contributed by atoms with van der Waals surface area (Å²) in [7, 11) is 0. The molecule has 0 aliphatic rings. The third-order valence-corrected chi connectivity index (χ3v) is 7.49. The van der Waals surface area contributed by atoms with E-state index in [-0.39, 0.29) is 24.5 Å². The third-order valence-electron chi connectivity index (χ3n) is 7.49. The third kappa shape index (κ3) is 37.0. The van der Waals surface area contributed by atoms with Crippen molar-refractivity contribution in [2.75, 3.05) is 6.54 Å².